The Kier molecular flexibility index (Phi) is 5.72. The van der Waals surface area contributed by atoms with Gasteiger partial charge in [-0.25, -0.2) is 0 Å². The molecule has 30 heavy (non-hydrogen) atoms. The molecule has 5 rings (SSSR count). The van der Waals surface area contributed by atoms with Crippen LogP contribution in [0.2, 0.25) is 0 Å². The first-order valence-corrected chi connectivity index (χ1v) is 12.4. The summed E-state index contributed by atoms with van der Waals surface area (Å²) >= 11 is 1.66. The minimum Gasteiger partial charge on any atom is -0.341 e. The molecule has 2 fully saturated rings. The number of amides is 1. The maximum Gasteiger partial charge on any atom is 0.228 e. The van der Waals surface area contributed by atoms with Crippen LogP contribution in [-0.4, -0.2) is 39.5 Å². The second kappa shape index (κ2) is 8.61. The van der Waals surface area contributed by atoms with E-state index in [1.54, 1.807) is 11.8 Å². The molecule has 6 nitrogen and oxygen atoms in total. The van der Waals surface area contributed by atoms with E-state index in [1.807, 2.05) is 6.07 Å². The zero-order valence-electron chi connectivity index (χ0n) is 17.8. The first-order valence-electron chi connectivity index (χ1n) is 11.4. The van der Waals surface area contributed by atoms with Gasteiger partial charge in [0.15, 0.2) is 5.16 Å². The van der Waals surface area contributed by atoms with E-state index in [9.17, 15) is 4.79 Å². The lowest BCUT2D eigenvalue weighted by molar-refractivity contribution is -0.115. The largest absolute Gasteiger partial charge is 0.341 e. The number of aryl methyl sites for hydroxylation is 2. The summed E-state index contributed by atoms with van der Waals surface area (Å²) in [6.45, 7) is 4.47. The lowest BCUT2D eigenvalue weighted by atomic mass is 10.00. The molecular weight excluding hydrogens is 394 g/mol. The first kappa shape index (κ1) is 19.9. The smallest absolute Gasteiger partial charge is 0.228 e. The molecule has 1 N–H and O–H groups in total. The molecule has 160 valence electrons. The summed E-state index contributed by atoms with van der Waals surface area (Å²) in [5, 5.41) is 13.1. The number of carbonyl (C=O) groups is 1. The Morgan fingerprint density at radius 3 is 2.73 bits per heavy atom. The Labute approximate surface area is 182 Å². The lowest BCUT2D eigenvalue weighted by Crippen LogP contribution is -2.34. The molecule has 1 aromatic carbocycles. The third kappa shape index (κ3) is 4.36. The van der Waals surface area contributed by atoms with Crippen molar-refractivity contribution in [3.05, 3.63) is 29.3 Å². The second-order valence-electron chi connectivity index (χ2n) is 9.04. The number of hydrogen-bond donors (Lipinski definition) is 1. The Morgan fingerprint density at radius 1 is 1.13 bits per heavy atom. The van der Waals surface area contributed by atoms with Crippen LogP contribution in [-0.2, 0) is 17.6 Å². The monoisotopic (exact) mass is 425 g/mol. The summed E-state index contributed by atoms with van der Waals surface area (Å²) in [5.41, 5.74) is 3.75. The van der Waals surface area contributed by atoms with Crippen molar-refractivity contribution >= 4 is 29.3 Å². The van der Waals surface area contributed by atoms with Crippen LogP contribution in [0, 0.1) is 5.92 Å². The summed E-state index contributed by atoms with van der Waals surface area (Å²) in [6.07, 6.45) is 8.87. The Bertz CT molecular complexity index is 914. The number of nitrogens with zero attached hydrogens (tertiary/aromatic N) is 4. The molecule has 0 atom stereocenters. The minimum atomic E-state index is 0.0724. The van der Waals surface area contributed by atoms with E-state index in [0.29, 0.717) is 12.5 Å². The fraction of sp³-hybridized carbons (Fsp3) is 0.609. The van der Waals surface area contributed by atoms with Crippen LogP contribution in [0.25, 0.3) is 0 Å². The van der Waals surface area contributed by atoms with E-state index < -0.39 is 0 Å². The highest BCUT2D eigenvalue weighted by Gasteiger charge is 2.32. The van der Waals surface area contributed by atoms with Crippen molar-refractivity contribution in [3.63, 3.8) is 0 Å². The number of rotatable bonds is 7. The third-order valence-corrected chi connectivity index (χ3v) is 7.51. The predicted molar refractivity (Wildman–Crippen MR) is 121 cm³/mol. The summed E-state index contributed by atoms with van der Waals surface area (Å²) in [4.78, 5) is 14.8. The quantitative estimate of drug-likeness (QED) is 0.664. The van der Waals surface area contributed by atoms with Crippen LogP contribution in [0.3, 0.4) is 0 Å². The van der Waals surface area contributed by atoms with Crippen LogP contribution < -0.4 is 10.2 Å². The molecule has 0 radical (unpaired) electrons. The summed E-state index contributed by atoms with van der Waals surface area (Å²) in [6, 6.07) is 6.87. The zero-order chi connectivity index (χ0) is 20.5. The van der Waals surface area contributed by atoms with E-state index in [-0.39, 0.29) is 5.91 Å². The summed E-state index contributed by atoms with van der Waals surface area (Å²) in [5.74, 6) is 2.63. The molecular formula is C23H31N5OS. The number of anilines is 2. The van der Waals surface area contributed by atoms with Crippen LogP contribution in [0.15, 0.2) is 23.4 Å². The van der Waals surface area contributed by atoms with Gasteiger partial charge in [-0.15, -0.1) is 10.2 Å². The highest BCUT2D eigenvalue weighted by atomic mass is 32.2. The maximum absolute atomic E-state index is 12.4. The molecule has 1 aromatic heterocycles. The number of carbonyl (C=O) groups excluding carboxylic acids is 1. The van der Waals surface area contributed by atoms with Crippen LogP contribution in [0.5, 0.6) is 0 Å². The van der Waals surface area contributed by atoms with Gasteiger partial charge in [-0.1, -0.05) is 24.8 Å². The van der Waals surface area contributed by atoms with Gasteiger partial charge >= 0.3 is 0 Å². The van der Waals surface area contributed by atoms with Crippen molar-refractivity contribution in [1.82, 2.24) is 14.8 Å². The fourth-order valence-electron chi connectivity index (χ4n) is 4.55. The Hall–Kier alpha value is -2.02. The van der Waals surface area contributed by atoms with Gasteiger partial charge in [-0.2, -0.15) is 0 Å². The van der Waals surface area contributed by atoms with Crippen molar-refractivity contribution in [3.8, 4) is 0 Å². The van der Waals surface area contributed by atoms with Crippen LogP contribution in [0.4, 0.5) is 11.6 Å². The minimum absolute atomic E-state index is 0.0724. The van der Waals surface area contributed by atoms with Gasteiger partial charge in [0.1, 0.15) is 0 Å². The molecule has 1 aliphatic heterocycles. The average molecular weight is 426 g/mol. The van der Waals surface area contributed by atoms with Crippen molar-refractivity contribution in [2.75, 3.05) is 29.1 Å². The number of nitrogens with one attached hydrogen (secondary N) is 1. The third-order valence-electron chi connectivity index (χ3n) is 6.57. The Balaban J connectivity index is 1.17. The van der Waals surface area contributed by atoms with E-state index in [0.717, 1.165) is 48.0 Å². The molecule has 3 aliphatic rings. The van der Waals surface area contributed by atoms with E-state index >= 15 is 0 Å². The highest BCUT2D eigenvalue weighted by Crippen LogP contribution is 2.41. The Morgan fingerprint density at radius 2 is 1.93 bits per heavy atom. The number of piperidine rings is 1. The predicted octanol–water partition coefficient (Wildman–Crippen LogP) is 4.46. The second-order valence-corrected chi connectivity index (χ2v) is 10.1. The van der Waals surface area contributed by atoms with Gasteiger partial charge < -0.3 is 10.2 Å². The van der Waals surface area contributed by atoms with Gasteiger partial charge in [-0.05, 0) is 74.1 Å². The zero-order valence-corrected chi connectivity index (χ0v) is 18.6. The topological polar surface area (TPSA) is 63.1 Å². The normalized spacial score (nSPS) is 19.2. The van der Waals surface area contributed by atoms with Gasteiger partial charge in [0.2, 0.25) is 11.9 Å². The number of fused-ring (bicyclic) bond motifs is 1. The summed E-state index contributed by atoms with van der Waals surface area (Å²) in [7, 11) is 0. The lowest BCUT2D eigenvalue weighted by Gasteiger charge is -2.31. The number of benzene rings is 1. The average Bonchev–Trinajstić information content (AvgIpc) is 3.32. The van der Waals surface area contributed by atoms with Gasteiger partial charge in [0.25, 0.3) is 0 Å². The maximum atomic E-state index is 12.4. The number of thioether (sulfide) groups is 1. The van der Waals surface area contributed by atoms with Gasteiger partial charge in [0, 0.05) is 37.0 Å². The molecule has 7 heteroatoms. The van der Waals surface area contributed by atoms with Crippen molar-refractivity contribution in [2.24, 2.45) is 5.92 Å². The molecule has 2 aromatic rings. The van der Waals surface area contributed by atoms with Crippen molar-refractivity contribution < 1.29 is 4.79 Å². The van der Waals surface area contributed by atoms with Gasteiger partial charge in [0.05, 0.1) is 0 Å². The molecule has 0 spiro atoms. The van der Waals surface area contributed by atoms with Crippen molar-refractivity contribution in [1.29, 1.82) is 0 Å². The SMILES string of the molecule is CC1CCN(c2nnc(SCCC(=O)Nc3ccc4c(c3)CCC4)n2C2CC2)CC1. The molecule has 2 aliphatic carbocycles. The molecule has 1 amide bonds. The van der Waals surface area contributed by atoms with Crippen LogP contribution in [0.1, 0.15) is 62.6 Å². The standard InChI is InChI=1S/C23H31N5OS/c1-16-9-12-27(13-10-16)22-25-26-23(28(22)20-7-8-20)30-14-11-21(29)24-19-6-5-17-3-2-4-18(17)15-19/h5-6,15-16,20H,2-4,7-14H2,1H3,(H,24,29). The fourth-order valence-corrected chi connectivity index (χ4v) is 5.49. The van der Waals surface area contributed by atoms with E-state index in [1.165, 1.54) is 49.7 Å². The molecule has 1 saturated carbocycles. The van der Waals surface area contributed by atoms with E-state index in [4.69, 9.17) is 0 Å². The number of hydrogen-bond acceptors (Lipinski definition) is 5. The molecule has 2 heterocycles. The first-order chi connectivity index (χ1) is 14.7. The number of aromatic nitrogens is 3. The summed E-state index contributed by atoms with van der Waals surface area (Å²) < 4.78 is 2.33. The molecule has 0 bridgehead atoms. The van der Waals surface area contributed by atoms with Crippen molar-refractivity contribution in [2.45, 2.75) is 69.5 Å². The highest BCUT2D eigenvalue weighted by molar-refractivity contribution is 7.99. The molecule has 0 unspecified atom stereocenters. The molecule has 1 saturated heterocycles. The van der Waals surface area contributed by atoms with E-state index in [2.05, 4.69) is 44.0 Å². The van der Waals surface area contributed by atoms with Gasteiger partial charge in [-0.3, -0.25) is 9.36 Å². The van der Waals surface area contributed by atoms with Crippen LogP contribution >= 0.6 is 11.8 Å².